The molecule has 0 saturated heterocycles. The normalized spacial score (nSPS) is 20.8. The van der Waals surface area contributed by atoms with Crippen LogP contribution in [-0.2, 0) is 9.59 Å². The Labute approximate surface area is 115 Å². The zero-order valence-corrected chi connectivity index (χ0v) is 11.3. The topological polar surface area (TPSA) is 75.6 Å². The van der Waals surface area contributed by atoms with E-state index in [0.29, 0.717) is 22.9 Å². The maximum atomic E-state index is 11.9. The molecule has 2 atom stereocenters. The first-order chi connectivity index (χ1) is 8.93. The lowest BCUT2D eigenvalue weighted by atomic mass is 10.2. The van der Waals surface area contributed by atoms with Crippen LogP contribution in [0.15, 0.2) is 12.1 Å². The molecule has 1 fully saturated rings. The van der Waals surface area contributed by atoms with Gasteiger partial charge in [0, 0.05) is 11.1 Å². The Balaban J connectivity index is 2.13. The number of hydrogen-bond acceptors (Lipinski definition) is 3. The second kappa shape index (κ2) is 5.09. The van der Waals surface area contributed by atoms with Crippen molar-refractivity contribution in [2.45, 2.75) is 13.3 Å². The third-order valence-corrected chi connectivity index (χ3v) is 3.59. The van der Waals surface area contributed by atoms with Gasteiger partial charge in [-0.3, -0.25) is 9.59 Å². The van der Waals surface area contributed by atoms with Gasteiger partial charge in [-0.25, -0.2) is 0 Å². The number of halogens is 1. The Hall–Kier alpha value is -1.75. The molecule has 102 valence electrons. The number of aryl methyl sites for hydroxylation is 1. The number of benzene rings is 1. The van der Waals surface area contributed by atoms with Crippen LogP contribution in [0.4, 0.5) is 5.69 Å². The monoisotopic (exact) mass is 283 g/mol. The second-order valence-corrected chi connectivity index (χ2v) is 4.99. The van der Waals surface area contributed by atoms with Crippen molar-refractivity contribution in [3.63, 3.8) is 0 Å². The number of methoxy groups -OCH3 is 1. The van der Waals surface area contributed by atoms with Gasteiger partial charge in [0.15, 0.2) is 0 Å². The number of ether oxygens (including phenoxy) is 1. The molecule has 0 radical (unpaired) electrons. The molecule has 0 aromatic heterocycles. The van der Waals surface area contributed by atoms with Crippen molar-refractivity contribution in [1.82, 2.24) is 0 Å². The second-order valence-electron chi connectivity index (χ2n) is 4.58. The van der Waals surface area contributed by atoms with Gasteiger partial charge in [0.25, 0.3) is 0 Å². The summed E-state index contributed by atoms with van der Waals surface area (Å²) in [5, 5.41) is 12.0. The fourth-order valence-electron chi connectivity index (χ4n) is 1.91. The van der Waals surface area contributed by atoms with Gasteiger partial charge in [-0.05, 0) is 25.0 Å². The molecule has 2 N–H and O–H groups in total. The molecular weight excluding hydrogens is 270 g/mol. The van der Waals surface area contributed by atoms with E-state index in [0.717, 1.165) is 5.56 Å². The molecule has 1 saturated carbocycles. The predicted octanol–water partition coefficient (Wildman–Crippen LogP) is 2.32. The highest BCUT2D eigenvalue weighted by molar-refractivity contribution is 6.31. The molecule has 1 aromatic carbocycles. The third-order valence-electron chi connectivity index (χ3n) is 3.18. The van der Waals surface area contributed by atoms with Crippen molar-refractivity contribution in [2.75, 3.05) is 12.4 Å². The molecule has 0 spiro atoms. The zero-order chi connectivity index (χ0) is 14.2. The summed E-state index contributed by atoms with van der Waals surface area (Å²) in [7, 11) is 1.48. The van der Waals surface area contributed by atoms with Gasteiger partial charge in [-0.1, -0.05) is 11.6 Å². The zero-order valence-electron chi connectivity index (χ0n) is 10.6. The van der Waals surface area contributed by atoms with E-state index in [9.17, 15) is 9.59 Å². The van der Waals surface area contributed by atoms with Gasteiger partial charge < -0.3 is 15.2 Å². The van der Waals surface area contributed by atoms with Gasteiger partial charge >= 0.3 is 5.97 Å². The number of nitrogens with one attached hydrogen (secondary N) is 1. The molecule has 0 aliphatic heterocycles. The summed E-state index contributed by atoms with van der Waals surface area (Å²) < 4.78 is 5.14. The average molecular weight is 284 g/mol. The summed E-state index contributed by atoms with van der Waals surface area (Å²) in [6, 6.07) is 3.32. The first-order valence-electron chi connectivity index (χ1n) is 5.82. The Morgan fingerprint density at radius 1 is 1.42 bits per heavy atom. The van der Waals surface area contributed by atoms with Crippen LogP contribution in [0.2, 0.25) is 5.02 Å². The minimum atomic E-state index is -0.931. The van der Waals surface area contributed by atoms with Crippen LogP contribution in [0.5, 0.6) is 5.75 Å². The van der Waals surface area contributed by atoms with Crippen LogP contribution in [0.3, 0.4) is 0 Å². The molecule has 1 aromatic rings. The molecule has 1 aliphatic carbocycles. The van der Waals surface area contributed by atoms with Crippen molar-refractivity contribution in [3.8, 4) is 5.75 Å². The van der Waals surface area contributed by atoms with Crippen LogP contribution in [0, 0.1) is 18.8 Å². The summed E-state index contributed by atoms with van der Waals surface area (Å²) in [6.07, 6.45) is 0.385. The van der Waals surface area contributed by atoms with E-state index >= 15 is 0 Å². The Morgan fingerprint density at radius 2 is 2.11 bits per heavy atom. The van der Waals surface area contributed by atoms with Crippen molar-refractivity contribution in [2.24, 2.45) is 11.8 Å². The molecule has 0 heterocycles. The van der Waals surface area contributed by atoms with Gasteiger partial charge in [0.2, 0.25) is 5.91 Å². The fourth-order valence-corrected chi connectivity index (χ4v) is 2.07. The molecule has 1 aliphatic rings. The fraction of sp³-hybridized carbons (Fsp3) is 0.385. The maximum Gasteiger partial charge on any atom is 0.307 e. The van der Waals surface area contributed by atoms with Crippen LogP contribution in [-0.4, -0.2) is 24.1 Å². The van der Waals surface area contributed by atoms with E-state index in [-0.39, 0.29) is 5.91 Å². The molecule has 5 nitrogen and oxygen atoms in total. The number of carboxylic acids is 1. The summed E-state index contributed by atoms with van der Waals surface area (Å²) in [4.78, 5) is 22.6. The molecular formula is C13H14ClNO4. The smallest absolute Gasteiger partial charge is 0.307 e. The van der Waals surface area contributed by atoms with Crippen molar-refractivity contribution in [3.05, 3.63) is 22.7 Å². The molecule has 2 rings (SSSR count). The van der Waals surface area contributed by atoms with Crippen LogP contribution < -0.4 is 10.1 Å². The molecule has 6 heteroatoms. The van der Waals surface area contributed by atoms with Gasteiger partial charge in [-0.15, -0.1) is 0 Å². The Kier molecular flexibility index (Phi) is 3.66. The first-order valence-corrected chi connectivity index (χ1v) is 6.19. The largest absolute Gasteiger partial charge is 0.495 e. The van der Waals surface area contributed by atoms with E-state index in [1.807, 2.05) is 6.92 Å². The number of aliphatic carboxylic acids is 1. The Morgan fingerprint density at radius 3 is 2.63 bits per heavy atom. The highest BCUT2D eigenvalue weighted by Gasteiger charge is 2.48. The first kappa shape index (κ1) is 13.7. The minimum Gasteiger partial charge on any atom is -0.495 e. The summed E-state index contributed by atoms with van der Waals surface area (Å²) in [5.41, 5.74) is 1.31. The van der Waals surface area contributed by atoms with Gasteiger partial charge in [-0.2, -0.15) is 0 Å². The maximum absolute atomic E-state index is 11.9. The third kappa shape index (κ3) is 2.81. The average Bonchev–Trinajstić information content (AvgIpc) is 3.13. The van der Waals surface area contributed by atoms with E-state index < -0.39 is 17.8 Å². The van der Waals surface area contributed by atoms with Crippen molar-refractivity contribution in [1.29, 1.82) is 0 Å². The molecule has 2 unspecified atom stereocenters. The lowest BCUT2D eigenvalue weighted by Crippen LogP contribution is -2.17. The lowest BCUT2D eigenvalue weighted by Gasteiger charge is -2.12. The summed E-state index contributed by atoms with van der Waals surface area (Å²) in [5.74, 6) is -1.80. The van der Waals surface area contributed by atoms with Gasteiger partial charge in [0.05, 0.1) is 24.6 Å². The van der Waals surface area contributed by atoms with Crippen molar-refractivity contribution < 1.29 is 19.4 Å². The summed E-state index contributed by atoms with van der Waals surface area (Å²) in [6.45, 7) is 1.81. The van der Waals surface area contributed by atoms with Gasteiger partial charge in [0.1, 0.15) is 5.75 Å². The van der Waals surface area contributed by atoms with Crippen molar-refractivity contribution >= 4 is 29.2 Å². The quantitative estimate of drug-likeness (QED) is 0.889. The minimum absolute atomic E-state index is 0.299. The molecule has 0 bridgehead atoms. The number of carbonyl (C=O) groups excluding carboxylic acids is 1. The number of carboxylic acid groups (broad SMARTS) is 1. The van der Waals surface area contributed by atoms with Crippen LogP contribution in [0.25, 0.3) is 0 Å². The van der Waals surface area contributed by atoms with E-state index in [1.54, 1.807) is 12.1 Å². The van der Waals surface area contributed by atoms with E-state index in [1.165, 1.54) is 7.11 Å². The van der Waals surface area contributed by atoms with E-state index in [2.05, 4.69) is 5.32 Å². The van der Waals surface area contributed by atoms with Crippen LogP contribution in [0.1, 0.15) is 12.0 Å². The number of hydrogen-bond donors (Lipinski definition) is 2. The predicted molar refractivity (Wildman–Crippen MR) is 70.6 cm³/mol. The van der Waals surface area contributed by atoms with Crippen LogP contribution >= 0.6 is 11.6 Å². The highest BCUT2D eigenvalue weighted by Crippen LogP contribution is 2.40. The Bertz CT molecular complexity index is 544. The molecule has 1 amide bonds. The summed E-state index contributed by atoms with van der Waals surface area (Å²) >= 11 is 5.97. The molecule has 19 heavy (non-hydrogen) atoms. The number of rotatable bonds is 4. The standard InChI is InChI=1S/C13H14ClNO4/c1-6-3-10(11(19-2)5-9(6)14)15-12(16)7-4-8(7)13(17)18/h3,5,7-8H,4H2,1-2H3,(H,15,16)(H,17,18). The number of anilines is 1. The number of amides is 1. The highest BCUT2D eigenvalue weighted by atomic mass is 35.5. The van der Waals surface area contributed by atoms with E-state index in [4.69, 9.17) is 21.4 Å². The SMILES string of the molecule is COc1cc(Cl)c(C)cc1NC(=O)C1CC1C(=O)O. The number of carbonyl (C=O) groups is 2. The lowest BCUT2D eigenvalue weighted by molar-refractivity contribution is -0.139.